The fourth-order valence-corrected chi connectivity index (χ4v) is 2.26. The molecule has 0 N–H and O–H groups in total. The Morgan fingerprint density at radius 3 is 3.00 bits per heavy atom. The van der Waals surface area contributed by atoms with Crippen molar-refractivity contribution in [2.75, 3.05) is 0 Å². The fourth-order valence-electron chi connectivity index (χ4n) is 2.26. The van der Waals surface area contributed by atoms with Crippen molar-refractivity contribution >= 4 is 5.78 Å². The summed E-state index contributed by atoms with van der Waals surface area (Å²) in [5.74, 6) is 0.267. The number of hydrogen-bond acceptors (Lipinski definition) is 2. The maximum atomic E-state index is 11.7. The SMILES string of the molecule is O=C1CCCc2c1ccn2-c1cccnc1. The summed E-state index contributed by atoms with van der Waals surface area (Å²) in [7, 11) is 0. The molecule has 0 saturated carbocycles. The van der Waals surface area contributed by atoms with E-state index in [9.17, 15) is 4.79 Å². The van der Waals surface area contributed by atoms with Gasteiger partial charge in [0, 0.05) is 30.1 Å². The Hall–Kier alpha value is -1.90. The predicted molar refractivity (Wildman–Crippen MR) is 60.8 cm³/mol. The largest absolute Gasteiger partial charge is 0.319 e. The molecule has 0 bridgehead atoms. The molecule has 3 nitrogen and oxygen atoms in total. The minimum Gasteiger partial charge on any atom is -0.319 e. The standard InChI is InChI=1S/C13H12N2O/c16-13-5-1-4-12-11(13)6-8-15(12)10-3-2-7-14-9-10/h2-3,6-9H,1,4-5H2. The number of aromatic nitrogens is 2. The smallest absolute Gasteiger partial charge is 0.164 e. The van der Waals surface area contributed by atoms with Crippen LogP contribution >= 0.6 is 0 Å². The van der Waals surface area contributed by atoms with Crippen molar-refractivity contribution in [2.45, 2.75) is 19.3 Å². The van der Waals surface area contributed by atoms with Gasteiger partial charge in [0.2, 0.25) is 0 Å². The molecule has 1 aliphatic rings. The van der Waals surface area contributed by atoms with E-state index in [0.29, 0.717) is 6.42 Å². The maximum absolute atomic E-state index is 11.7. The van der Waals surface area contributed by atoms with Crippen LogP contribution in [0.5, 0.6) is 0 Å². The lowest BCUT2D eigenvalue weighted by Gasteiger charge is -2.14. The Bertz CT molecular complexity index is 528. The van der Waals surface area contributed by atoms with E-state index in [-0.39, 0.29) is 5.78 Å². The third-order valence-electron chi connectivity index (χ3n) is 3.03. The zero-order valence-corrected chi connectivity index (χ0v) is 8.89. The molecule has 3 rings (SSSR count). The molecule has 0 saturated heterocycles. The Morgan fingerprint density at radius 2 is 2.19 bits per heavy atom. The molecule has 0 radical (unpaired) electrons. The molecule has 0 atom stereocenters. The minimum absolute atomic E-state index is 0.267. The zero-order valence-electron chi connectivity index (χ0n) is 8.89. The van der Waals surface area contributed by atoms with Crippen LogP contribution in [-0.2, 0) is 6.42 Å². The van der Waals surface area contributed by atoms with E-state index in [1.54, 1.807) is 6.20 Å². The van der Waals surface area contributed by atoms with E-state index >= 15 is 0 Å². The highest BCUT2D eigenvalue weighted by Crippen LogP contribution is 2.24. The highest BCUT2D eigenvalue weighted by atomic mass is 16.1. The Kier molecular flexibility index (Phi) is 2.10. The Labute approximate surface area is 93.7 Å². The van der Waals surface area contributed by atoms with E-state index in [4.69, 9.17) is 0 Å². The van der Waals surface area contributed by atoms with E-state index < -0.39 is 0 Å². The van der Waals surface area contributed by atoms with E-state index in [2.05, 4.69) is 9.55 Å². The summed E-state index contributed by atoms with van der Waals surface area (Å²) in [5.41, 5.74) is 3.04. The number of hydrogen-bond donors (Lipinski definition) is 0. The van der Waals surface area contributed by atoms with Gasteiger partial charge < -0.3 is 4.57 Å². The van der Waals surface area contributed by atoms with Crippen molar-refractivity contribution in [3.8, 4) is 5.69 Å². The number of fused-ring (bicyclic) bond motifs is 1. The predicted octanol–water partition coefficient (Wildman–Crippen LogP) is 2.39. The number of carbonyl (C=O) groups is 1. The summed E-state index contributed by atoms with van der Waals surface area (Å²) >= 11 is 0. The van der Waals surface area contributed by atoms with E-state index in [1.165, 1.54) is 0 Å². The molecule has 1 aliphatic carbocycles. The van der Waals surface area contributed by atoms with Crippen LogP contribution in [0.15, 0.2) is 36.8 Å². The van der Waals surface area contributed by atoms with Gasteiger partial charge in [0.1, 0.15) is 0 Å². The number of carbonyl (C=O) groups excluding carboxylic acids is 1. The van der Waals surface area contributed by atoms with Crippen molar-refractivity contribution in [2.24, 2.45) is 0 Å². The van der Waals surface area contributed by atoms with Gasteiger partial charge >= 0.3 is 0 Å². The first kappa shape index (κ1) is 9.33. The van der Waals surface area contributed by atoms with Gasteiger partial charge in [-0.15, -0.1) is 0 Å². The Morgan fingerprint density at radius 1 is 1.25 bits per heavy atom. The van der Waals surface area contributed by atoms with Crippen molar-refractivity contribution in [3.05, 3.63) is 48.0 Å². The molecular weight excluding hydrogens is 200 g/mol. The first-order chi connectivity index (χ1) is 7.86. The summed E-state index contributed by atoms with van der Waals surface area (Å²) in [4.78, 5) is 15.8. The van der Waals surface area contributed by atoms with Crippen LogP contribution in [0, 0.1) is 0 Å². The molecule has 3 heteroatoms. The first-order valence-corrected chi connectivity index (χ1v) is 5.50. The highest BCUT2D eigenvalue weighted by Gasteiger charge is 2.20. The molecule has 0 unspecified atom stereocenters. The molecule has 0 aromatic carbocycles. The average Bonchev–Trinajstić information content (AvgIpc) is 2.75. The minimum atomic E-state index is 0.267. The lowest BCUT2D eigenvalue weighted by molar-refractivity contribution is 0.0972. The maximum Gasteiger partial charge on any atom is 0.164 e. The number of Topliss-reactive ketones (excluding diaryl/α,β-unsaturated/α-hetero) is 1. The molecule has 80 valence electrons. The number of rotatable bonds is 1. The monoisotopic (exact) mass is 212 g/mol. The second kappa shape index (κ2) is 3.59. The molecule has 0 spiro atoms. The lowest BCUT2D eigenvalue weighted by Crippen LogP contribution is -2.12. The van der Waals surface area contributed by atoms with Crippen LogP contribution in [0.4, 0.5) is 0 Å². The van der Waals surface area contributed by atoms with E-state index in [1.807, 2.05) is 30.6 Å². The summed E-state index contributed by atoms with van der Waals surface area (Å²) < 4.78 is 2.07. The first-order valence-electron chi connectivity index (χ1n) is 5.50. The number of ketones is 1. The topological polar surface area (TPSA) is 34.9 Å². The Balaban J connectivity index is 2.13. The van der Waals surface area contributed by atoms with Crippen molar-refractivity contribution in [1.82, 2.24) is 9.55 Å². The van der Waals surface area contributed by atoms with Gasteiger partial charge in [-0.05, 0) is 31.0 Å². The van der Waals surface area contributed by atoms with Gasteiger partial charge in [-0.2, -0.15) is 0 Å². The van der Waals surface area contributed by atoms with Gasteiger partial charge in [0.15, 0.2) is 5.78 Å². The van der Waals surface area contributed by atoms with Crippen LogP contribution < -0.4 is 0 Å². The average molecular weight is 212 g/mol. The molecule has 2 aromatic heterocycles. The summed E-state index contributed by atoms with van der Waals surface area (Å²) in [6, 6.07) is 5.84. The summed E-state index contributed by atoms with van der Waals surface area (Å²) in [5, 5.41) is 0. The second-order valence-electron chi connectivity index (χ2n) is 4.03. The third-order valence-corrected chi connectivity index (χ3v) is 3.03. The number of nitrogens with zero attached hydrogens (tertiary/aromatic N) is 2. The van der Waals surface area contributed by atoms with Gasteiger partial charge in [0.25, 0.3) is 0 Å². The lowest BCUT2D eigenvalue weighted by atomic mass is 9.97. The van der Waals surface area contributed by atoms with Crippen molar-refractivity contribution < 1.29 is 4.79 Å². The number of pyridine rings is 1. The van der Waals surface area contributed by atoms with Crippen molar-refractivity contribution in [3.63, 3.8) is 0 Å². The summed E-state index contributed by atoms with van der Waals surface area (Å²) in [6.45, 7) is 0. The van der Waals surface area contributed by atoms with Crippen LogP contribution in [0.1, 0.15) is 28.9 Å². The van der Waals surface area contributed by atoms with Gasteiger partial charge in [-0.25, -0.2) is 0 Å². The molecule has 0 aliphatic heterocycles. The highest BCUT2D eigenvalue weighted by molar-refractivity contribution is 5.98. The molecule has 2 heterocycles. The molecule has 16 heavy (non-hydrogen) atoms. The molecular formula is C13H12N2O. The van der Waals surface area contributed by atoms with Crippen LogP contribution in [-0.4, -0.2) is 15.3 Å². The second-order valence-corrected chi connectivity index (χ2v) is 4.03. The quantitative estimate of drug-likeness (QED) is 0.727. The van der Waals surface area contributed by atoms with Crippen LogP contribution in [0.3, 0.4) is 0 Å². The molecule has 0 amide bonds. The third kappa shape index (κ3) is 1.36. The van der Waals surface area contributed by atoms with Gasteiger partial charge in [-0.1, -0.05) is 0 Å². The van der Waals surface area contributed by atoms with Gasteiger partial charge in [-0.3, -0.25) is 9.78 Å². The molecule has 2 aromatic rings. The van der Waals surface area contributed by atoms with Crippen LogP contribution in [0.25, 0.3) is 5.69 Å². The van der Waals surface area contributed by atoms with Crippen LogP contribution in [0.2, 0.25) is 0 Å². The zero-order chi connectivity index (χ0) is 11.0. The molecule has 0 fully saturated rings. The fraction of sp³-hybridized carbons (Fsp3) is 0.231. The van der Waals surface area contributed by atoms with Gasteiger partial charge in [0.05, 0.1) is 11.9 Å². The van der Waals surface area contributed by atoms with Crippen molar-refractivity contribution in [1.29, 1.82) is 0 Å². The van der Waals surface area contributed by atoms with E-state index in [0.717, 1.165) is 29.8 Å². The summed E-state index contributed by atoms with van der Waals surface area (Å²) in [6.07, 6.45) is 8.15. The normalized spacial score (nSPS) is 14.9.